The minimum Gasteiger partial charge on any atom is -0.481 e. The van der Waals surface area contributed by atoms with E-state index < -0.39 is 11.4 Å². The largest absolute Gasteiger partial charge is 0.481 e. The number of amides is 2. The van der Waals surface area contributed by atoms with E-state index in [2.05, 4.69) is 5.32 Å². The lowest BCUT2D eigenvalue weighted by Gasteiger charge is -2.38. The van der Waals surface area contributed by atoms with Gasteiger partial charge in [-0.15, -0.1) is 0 Å². The fraction of sp³-hybridized carbons (Fsp3) is 0.846. The van der Waals surface area contributed by atoms with Crippen molar-refractivity contribution in [1.29, 1.82) is 0 Å². The summed E-state index contributed by atoms with van der Waals surface area (Å²) in [5.41, 5.74) is -0.700. The van der Waals surface area contributed by atoms with E-state index in [1.54, 1.807) is 4.90 Å². The number of aliphatic carboxylic acids is 1. The van der Waals surface area contributed by atoms with Crippen LogP contribution in [0.25, 0.3) is 0 Å². The first kappa shape index (κ1) is 13.2. The predicted octanol–water partition coefficient (Wildman–Crippen LogP) is 1.68. The molecule has 2 saturated carbocycles. The second-order valence-electron chi connectivity index (χ2n) is 5.58. The van der Waals surface area contributed by atoms with Crippen LogP contribution in [0.3, 0.4) is 0 Å². The summed E-state index contributed by atoms with van der Waals surface area (Å²) in [6.45, 7) is 3.71. The van der Waals surface area contributed by atoms with Crippen molar-refractivity contribution >= 4 is 12.0 Å². The highest BCUT2D eigenvalue weighted by molar-refractivity contribution is 5.78. The van der Waals surface area contributed by atoms with Crippen LogP contribution in [0, 0.1) is 11.3 Å². The molecule has 0 bridgehead atoms. The zero-order valence-electron chi connectivity index (χ0n) is 10.9. The molecule has 5 heteroatoms. The monoisotopic (exact) mass is 254 g/mol. The maximum atomic E-state index is 12.0. The molecule has 0 spiro atoms. The fourth-order valence-electron chi connectivity index (χ4n) is 2.39. The molecule has 102 valence electrons. The van der Waals surface area contributed by atoms with Gasteiger partial charge in [-0.25, -0.2) is 4.79 Å². The first-order valence-corrected chi connectivity index (χ1v) is 6.83. The Morgan fingerprint density at radius 2 is 2.06 bits per heavy atom. The van der Waals surface area contributed by atoms with Gasteiger partial charge in [-0.3, -0.25) is 4.79 Å². The Labute approximate surface area is 108 Å². The minimum atomic E-state index is -0.778. The zero-order valence-corrected chi connectivity index (χ0v) is 10.9. The molecule has 2 rings (SSSR count). The molecular weight excluding hydrogens is 232 g/mol. The van der Waals surface area contributed by atoms with Gasteiger partial charge in [-0.1, -0.05) is 6.42 Å². The van der Waals surface area contributed by atoms with Crippen LogP contribution in [-0.4, -0.2) is 41.6 Å². The van der Waals surface area contributed by atoms with Crippen molar-refractivity contribution in [2.24, 2.45) is 11.3 Å². The average molecular weight is 254 g/mol. The van der Waals surface area contributed by atoms with Gasteiger partial charge in [0.1, 0.15) is 0 Å². The van der Waals surface area contributed by atoms with Crippen LogP contribution in [-0.2, 0) is 4.79 Å². The second kappa shape index (κ2) is 5.16. The Morgan fingerprint density at radius 3 is 2.44 bits per heavy atom. The van der Waals surface area contributed by atoms with Gasteiger partial charge in [0.15, 0.2) is 0 Å². The molecule has 0 saturated heterocycles. The summed E-state index contributed by atoms with van der Waals surface area (Å²) in [6.07, 6.45) is 4.72. The Hall–Kier alpha value is -1.26. The predicted molar refractivity (Wildman–Crippen MR) is 67.3 cm³/mol. The molecular formula is C13H22N2O3. The molecule has 0 radical (unpaired) electrons. The van der Waals surface area contributed by atoms with Gasteiger partial charge in [-0.05, 0) is 38.5 Å². The number of hydrogen-bond donors (Lipinski definition) is 2. The van der Waals surface area contributed by atoms with Gasteiger partial charge < -0.3 is 15.3 Å². The van der Waals surface area contributed by atoms with Gasteiger partial charge >= 0.3 is 12.0 Å². The van der Waals surface area contributed by atoms with Crippen LogP contribution in [0.1, 0.15) is 39.0 Å². The zero-order chi connectivity index (χ0) is 13.2. The SMILES string of the molecule is CCN(CC1CC1)C(=O)NCC1(C(=O)O)CCC1. The smallest absolute Gasteiger partial charge is 0.317 e. The van der Waals surface area contributed by atoms with E-state index in [4.69, 9.17) is 0 Å². The maximum Gasteiger partial charge on any atom is 0.317 e. The third kappa shape index (κ3) is 2.76. The van der Waals surface area contributed by atoms with Crippen LogP contribution in [0.2, 0.25) is 0 Å². The lowest BCUT2D eigenvalue weighted by atomic mass is 9.69. The number of rotatable bonds is 6. The van der Waals surface area contributed by atoms with Crippen molar-refractivity contribution in [1.82, 2.24) is 10.2 Å². The number of carbonyl (C=O) groups excluding carboxylic acids is 1. The summed E-state index contributed by atoms with van der Waals surface area (Å²) >= 11 is 0. The van der Waals surface area contributed by atoms with E-state index in [1.165, 1.54) is 12.8 Å². The topological polar surface area (TPSA) is 69.6 Å². The molecule has 2 aliphatic rings. The average Bonchev–Trinajstić information content (AvgIpc) is 3.07. The molecule has 0 aromatic rings. The van der Waals surface area contributed by atoms with E-state index in [-0.39, 0.29) is 12.6 Å². The summed E-state index contributed by atoms with van der Waals surface area (Å²) < 4.78 is 0. The third-order valence-electron chi connectivity index (χ3n) is 4.19. The van der Waals surface area contributed by atoms with Crippen LogP contribution < -0.4 is 5.32 Å². The van der Waals surface area contributed by atoms with E-state index in [9.17, 15) is 14.7 Å². The van der Waals surface area contributed by atoms with Gasteiger partial charge in [0.05, 0.1) is 5.41 Å². The molecule has 0 atom stereocenters. The lowest BCUT2D eigenvalue weighted by molar-refractivity contribution is -0.153. The van der Waals surface area contributed by atoms with Gasteiger partial charge in [0.25, 0.3) is 0 Å². The molecule has 0 unspecified atom stereocenters. The first-order chi connectivity index (χ1) is 8.57. The highest BCUT2D eigenvalue weighted by Crippen LogP contribution is 2.40. The highest BCUT2D eigenvalue weighted by Gasteiger charge is 2.44. The number of carboxylic acids is 1. The van der Waals surface area contributed by atoms with E-state index >= 15 is 0 Å². The Bertz CT molecular complexity index is 335. The van der Waals surface area contributed by atoms with Crippen molar-refractivity contribution < 1.29 is 14.7 Å². The second-order valence-corrected chi connectivity index (χ2v) is 5.58. The van der Waals surface area contributed by atoms with Crippen molar-refractivity contribution in [2.75, 3.05) is 19.6 Å². The van der Waals surface area contributed by atoms with Gasteiger partial charge in [-0.2, -0.15) is 0 Å². The summed E-state index contributed by atoms with van der Waals surface area (Å²) in [5.74, 6) is -0.118. The Balaban J connectivity index is 1.80. The summed E-state index contributed by atoms with van der Waals surface area (Å²) in [6, 6.07) is -0.114. The van der Waals surface area contributed by atoms with E-state index in [0.29, 0.717) is 25.3 Å². The van der Waals surface area contributed by atoms with Crippen molar-refractivity contribution in [2.45, 2.75) is 39.0 Å². The molecule has 2 fully saturated rings. The molecule has 0 aromatic carbocycles. The van der Waals surface area contributed by atoms with Crippen molar-refractivity contribution in [3.63, 3.8) is 0 Å². The number of carboxylic acid groups (broad SMARTS) is 1. The summed E-state index contributed by atoms with van der Waals surface area (Å²) in [5, 5.41) is 12.0. The third-order valence-corrected chi connectivity index (χ3v) is 4.19. The lowest BCUT2D eigenvalue weighted by Crippen LogP contribution is -2.50. The van der Waals surface area contributed by atoms with Gasteiger partial charge in [0.2, 0.25) is 0 Å². The molecule has 2 amide bonds. The number of nitrogens with one attached hydrogen (secondary N) is 1. The maximum absolute atomic E-state index is 12.0. The van der Waals surface area contributed by atoms with Gasteiger partial charge in [0, 0.05) is 19.6 Å². The fourth-order valence-corrected chi connectivity index (χ4v) is 2.39. The summed E-state index contributed by atoms with van der Waals surface area (Å²) in [4.78, 5) is 24.9. The number of urea groups is 1. The van der Waals surface area contributed by atoms with E-state index in [1.807, 2.05) is 6.92 Å². The molecule has 2 aliphatic carbocycles. The van der Waals surface area contributed by atoms with Crippen LogP contribution in [0.4, 0.5) is 4.79 Å². The first-order valence-electron chi connectivity index (χ1n) is 6.83. The molecule has 18 heavy (non-hydrogen) atoms. The van der Waals surface area contributed by atoms with E-state index in [0.717, 1.165) is 13.0 Å². The molecule has 5 nitrogen and oxygen atoms in total. The van der Waals surface area contributed by atoms with Crippen molar-refractivity contribution in [3.05, 3.63) is 0 Å². The normalized spacial score (nSPS) is 20.9. The van der Waals surface area contributed by atoms with Crippen molar-refractivity contribution in [3.8, 4) is 0 Å². The van der Waals surface area contributed by atoms with Crippen LogP contribution >= 0.6 is 0 Å². The van der Waals surface area contributed by atoms with Crippen LogP contribution in [0.15, 0.2) is 0 Å². The number of hydrogen-bond acceptors (Lipinski definition) is 2. The molecule has 0 aromatic heterocycles. The van der Waals surface area contributed by atoms with Crippen LogP contribution in [0.5, 0.6) is 0 Å². The minimum absolute atomic E-state index is 0.114. The molecule has 2 N–H and O–H groups in total. The molecule has 0 heterocycles. The molecule has 0 aliphatic heterocycles. The quantitative estimate of drug-likeness (QED) is 0.757. The Morgan fingerprint density at radius 1 is 1.39 bits per heavy atom. The number of carbonyl (C=O) groups is 2. The standard InChI is InChI=1S/C13H22N2O3/c1-2-15(8-10-4-5-10)12(18)14-9-13(11(16)17)6-3-7-13/h10H,2-9H2,1H3,(H,14,18)(H,16,17). The Kier molecular flexibility index (Phi) is 3.78. The summed E-state index contributed by atoms with van der Waals surface area (Å²) in [7, 11) is 0. The number of nitrogens with zero attached hydrogens (tertiary/aromatic N) is 1. The highest BCUT2D eigenvalue weighted by atomic mass is 16.4.